The molecule has 0 aliphatic carbocycles. The fourth-order valence-corrected chi connectivity index (χ4v) is 6.63. The van der Waals surface area contributed by atoms with Crippen LogP contribution < -0.4 is 0 Å². The zero-order valence-electron chi connectivity index (χ0n) is 15.5. The summed E-state index contributed by atoms with van der Waals surface area (Å²) in [4.78, 5) is 18.9. The standard InChI is InChI=1S/C20H23FN2O3S2/c21-17-3-1-2-15(12-17)19-5-4-18(27-19)13-22-7-9-23(10-8-22)20(24)16-6-11-28(25,26)14-16/h1-5,12,16H,6-11,13-14H2. The van der Waals surface area contributed by atoms with Crippen LogP contribution >= 0.6 is 11.3 Å². The summed E-state index contributed by atoms with van der Waals surface area (Å²) in [6.07, 6.45) is 0.458. The zero-order valence-corrected chi connectivity index (χ0v) is 17.1. The molecule has 3 heterocycles. The van der Waals surface area contributed by atoms with Gasteiger partial charge in [-0.05, 0) is 36.2 Å². The van der Waals surface area contributed by atoms with E-state index < -0.39 is 9.84 Å². The van der Waals surface area contributed by atoms with E-state index >= 15 is 0 Å². The van der Waals surface area contributed by atoms with Gasteiger partial charge >= 0.3 is 0 Å². The summed E-state index contributed by atoms with van der Waals surface area (Å²) in [5, 5.41) is 0. The van der Waals surface area contributed by atoms with Crippen molar-refractivity contribution in [2.24, 2.45) is 5.92 Å². The monoisotopic (exact) mass is 422 g/mol. The minimum atomic E-state index is -3.03. The Kier molecular flexibility index (Phi) is 5.53. The van der Waals surface area contributed by atoms with Crippen molar-refractivity contribution in [2.75, 3.05) is 37.7 Å². The number of hydrogen-bond donors (Lipinski definition) is 0. The fraction of sp³-hybridized carbons (Fsp3) is 0.450. The van der Waals surface area contributed by atoms with E-state index in [1.54, 1.807) is 23.5 Å². The number of carbonyl (C=O) groups is 1. The molecule has 2 aliphatic heterocycles. The molecule has 1 atom stereocenters. The maximum absolute atomic E-state index is 13.4. The largest absolute Gasteiger partial charge is 0.340 e. The maximum atomic E-state index is 13.4. The molecule has 1 unspecified atom stereocenters. The third kappa shape index (κ3) is 4.45. The molecule has 2 aliphatic rings. The molecule has 2 fully saturated rings. The SMILES string of the molecule is O=C(C1CCS(=O)(=O)C1)N1CCN(Cc2ccc(-c3cccc(F)c3)s2)CC1. The van der Waals surface area contributed by atoms with E-state index in [9.17, 15) is 17.6 Å². The lowest BCUT2D eigenvalue weighted by molar-refractivity contribution is -0.136. The first-order chi connectivity index (χ1) is 13.4. The fourth-order valence-electron chi connectivity index (χ4n) is 3.85. The summed E-state index contributed by atoms with van der Waals surface area (Å²) in [5.74, 6) is -0.462. The van der Waals surface area contributed by atoms with Gasteiger partial charge in [-0.1, -0.05) is 12.1 Å². The molecule has 8 heteroatoms. The first-order valence-corrected chi connectivity index (χ1v) is 12.1. The van der Waals surface area contributed by atoms with Crippen molar-refractivity contribution in [3.63, 3.8) is 0 Å². The molecule has 0 radical (unpaired) electrons. The van der Waals surface area contributed by atoms with Gasteiger partial charge in [0.2, 0.25) is 5.91 Å². The van der Waals surface area contributed by atoms with Crippen LogP contribution in [0.3, 0.4) is 0 Å². The number of halogens is 1. The summed E-state index contributed by atoms with van der Waals surface area (Å²) < 4.78 is 36.6. The molecule has 150 valence electrons. The molecule has 0 bridgehead atoms. The van der Waals surface area contributed by atoms with Gasteiger partial charge in [0, 0.05) is 42.5 Å². The highest BCUT2D eigenvalue weighted by Gasteiger charge is 2.36. The summed E-state index contributed by atoms with van der Waals surface area (Å²) >= 11 is 1.66. The Hall–Kier alpha value is -1.77. The van der Waals surface area contributed by atoms with Crippen molar-refractivity contribution >= 4 is 27.1 Å². The average Bonchev–Trinajstić information content (AvgIpc) is 3.28. The van der Waals surface area contributed by atoms with Crippen LogP contribution in [0.5, 0.6) is 0 Å². The second kappa shape index (κ2) is 7.93. The Balaban J connectivity index is 1.31. The molecular formula is C20H23FN2O3S2. The summed E-state index contributed by atoms with van der Waals surface area (Å²) in [6.45, 7) is 3.63. The maximum Gasteiger partial charge on any atom is 0.226 e. The van der Waals surface area contributed by atoms with Gasteiger partial charge in [0.05, 0.1) is 17.4 Å². The minimum absolute atomic E-state index is 0.00407. The van der Waals surface area contributed by atoms with E-state index in [4.69, 9.17) is 0 Å². The van der Waals surface area contributed by atoms with E-state index in [0.717, 1.165) is 30.1 Å². The number of rotatable bonds is 4. The normalized spacial score (nSPS) is 22.5. The number of piperazine rings is 1. The minimum Gasteiger partial charge on any atom is -0.340 e. The van der Waals surface area contributed by atoms with Crippen molar-refractivity contribution in [2.45, 2.75) is 13.0 Å². The lowest BCUT2D eigenvalue weighted by Gasteiger charge is -2.35. The molecule has 2 aromatic rings. The van der Waals surface area contributed by atoms with Gasteiger partial charge in [-0.15, -0.1) is 11.3 Å². The van der Waals surface area contributed by atoms with Crippen LogP contribution in [0.25, 0.3) is 10.4 Å². The van der Waals surface area contributed by atoms with Crippen molar-refractivity contribution in [3.05, 3.63) is 47.1 Å². The van der Waals surface area contributed by atoms with E-state index in [-0.39, 0.29) is 29.1 Å². The van der Waals surface area contributed by atoms with Gasteiger partial charge in [-0.2, -0.15) is 0 Å². The number of thiophene rings is 1. The molecule has 28 heavy (non-hydrogen) atoms. The molecule has 2 saturated heterocycles. The van der Waals surface area contributed by atoms with Crippen LogP contribution in [0.15, 0.2) is 36.4 Å². The number of nitrogens with zero attached hydrogens (tertiary/aromatic N) is 2. The van der Waals surface area contributed by atoms with Gasteiger partial charge in [0.1, 0.15) is 5.82 Å². The molecule has 5 nitrogen and oxygen atoms in total. The summed E-state index contributed by atoms with van der Waals surface area (Å²) in [5.41, 5.74) is 0.887. The number of benzene rings is 1. The van der Waals surface area contributed by atoms with E-state index in [0.29, 0.717) is 19.5 Å². The van der Waals surface area contributed by atoms with Gasteiger partial charge in [-0.25, -0.2) is 12.8 Å². The lowest BCUT2D eigenvalue weighted by atomic mass is 10.1. The van der Waals surface area contributed by atoms with Crippen LogP contribution in [0, 0.1) is 11.7 Å². The average molecular weight is 423 g/mol. The molecule has 0 spiro atoms. The number of amides is 1. The smallest absolute Gasteiger partial charge is 0.226 e. The Bertz CT molecular complexity index is 965. The molecule has 1 aromatic heterocycles. The van der Waals surface area contributed by atoms with Gasteiger partial charge in [0.25, 0.3) is 0 Å². The molecule has 1 aromatic carbocycles. The number of hydrogen-bond acceptors (Lipinski definition) is 5. The van der Waals surface area contributed by atoms with Crippen molar-refractivity contribution in [3.8, 4) is 10.4 Å². The highest BCUT2D eigenvalue weighted by atomic mass is 32.2. The molecule has 4 rings (SSSR count). The third-order valence-electron chi connectivity index (χ3n) is 5.42. The quantitative estimate of drug-likeness (QED) is 0.760. The predicted molar refractivity (Wildman–Crippen MR) is 108 cm³/mol. The van der Waals surface area contributed by atoms with Crippen molar-refractivity contribution in [1.82, 2.24) is 9.80 Å². The number of carbonyl (C=O) groups excluding carboxylic acids is 1. The first kappa shape index (κ1) is 19.5. The van der Waals surface area contributed by atoms with E-state index in [1.807, 2.05) is 17.0 Å². The highest BCUT2D eigenvalue weighted by Crippen LogP contribution is 2.29. The van der Waals surface area contributed by atoms with Crippen LogP contribution in [-0.2, 0) is 21.2 Å². The summed E-state index contributed by atoms with van der Waals surface area (Å²) in [6, 6.07) is 10.7. The Labute approximate surface area is 168 Å². The Morgan fingerprint density at radius 1 is 1.14 bits per heavy atom. The van der Waals surface area contributed by atoms with Crippen molar-refractivity contribution < 1.29 is 17.6 Å². The Morgan fingerprint density at radius 2 is 1.93 bits per heavy atom. The Morgan fingerprint density at radius 3 is 2.61 bits per heavy atom. The van der Waals surface area contributed by atoms with Gasteiger partial charge in [0.15, 0.2) is 9.84 Å². The third-order valence-corrected chi connectivity index (χ3v) is 8.30. The van der Waals surface area contributed by atoms with Crippen LogP contribution in [-0.4, -0.2) is 61.8 Å². The van der Waals surface area contributed by atoms with Crippen LogP contribution in [0.2, 0.25) is 0 Å². The zero-order chi connectivity index (χ0) is 19.7. The van der Waals surface area contributed by atoms with Gasteiger partial charge in [-0.3, -0.25) is 9.69 Å². The molecule has 0 saturated carbocycles. The highest BCUT2D eigenvalue weighted by molar-refractivity contribution is 7.91. The molecule has 1 amide bonds. The number of sulfone groups is 1. The predicted octanol–water partition coefficient (Wildman–Crippen LogP) is 2.63. The second-order valence-corrected chi connectivity index (χ2v) is 10.9. The second-order valence-electron chi connectivity index (χ2n) is 7.48. The summed E-state index contributed by atoms with van der Waals surface area (Å²) in [7, 11) is -3.03. The lowest BCUT2D eigenvalue weighted by Crippen LogP contribution is -2.50. The van der Waals surface area contributed by atoms with E-state index in [1.165, 1.54) is 10.9 Å². The van der Waals surface area contributed by atoms with E-state index in [2.05, 4.69) is 11.0 Å². The molecular weight excluding hydrogens is 399 g/mol. The molecule has 0 N–H and O–H groups in total. The first-order valence-electron chi connectivity index (χ1n) is 9.46. The topological polar surface area (TPSA) is 57.7 Å². The van der Waals surface area contributed by atoms with Crippen LogP contribution in [0.4, 0.5) is 4.39 Å². The van der Waals surface area contributed by atoms with Crippen molar-refractivity contribution in [1.29, 1.82) is 0 Å². The van der Waals surface area contributed by atoms with Crippen LogP contribution in [0.1, 0.15) is 11.3 Å². The van der Waals surface area contributed by atoms with Gasteiger partial charge < -0.3 is 4.90 Å².